The maximum absolute atomic E-state index is 5.42. The summed E-state index contributed by atoms with van der Waals surface area (Å²) >= 11 is 1.63. The van der Waals surface area contributed by atoms with E-state index < -0.39 is 0 Å². The SMILES string of the molecule is COc1ccc(SC(C)c2nnc(C)o2)cc1OC. The standard InChI is InChI=1S/C13H16N2O3S/c1-8(13-15-14-9(2)18-13)19-10-5-6-11(16-3)12(7-10)17-4/h5-8H,1-4H3. The molecule has 0 N–H and O–H groups in total. The van der Waals surface area contributed by atoms with Crippen LogP contribution in [-0.2, 0) is 0 Å². The quantitative estimate of drug-likeness (QED) is 0.784. The zero-order valence-electron chi connectivity index (χ0n) is 11.3. The van der Waals surface area contributed by atoms with E-state index in [9.17, 15) is 0 Å². The average molecular weight is 280 g/mol. The van der Waals surface area contributed by atoms with Crippen molar-refractivity contribution in [3.05, 3.63) is 30.0 Å². The summed E-state index contributed by atoms with van der Waals surface area (Å²) in [5.74, 6) is 2.63. The van der Waals surface area contributed by atoms with Crippen LogP contribution < -0.4 is 9.47 Å². The molecule has 6 heteroatoms. The number of thioether (sulfide) groups is 1. The highest BCUT2D eigenvalue weighted by molar-refractivity contribution is 7.99. The number of aromatic nitrogens is 2. The fourth-order valence-corrected chi connectivity index (χ4v) is 2.55. The van der Waals surface area contributed by atoms with E-state index in [2.05, 4.69) is 10.2 Å². The normalized spacial score (nSPS) is 12.2. The molecule has 2 rings (SSSR count). The van der Waals surface area contributed by atoms with E-state index in [0.717, 1.165) is 4.90 Å². The van der Waals surface area contributed by atoms with E-state index in [1.165, 1.54) is 0 Å². The topological polar surface area (TPSA) is 57.4 Å². The van der Waals surface area contributed by atoms with Gasteiger partial charge in [-0.2, -0.15) is 0 Å². The van der Waals surface area contributed by atoms with Gasteiger partial charge in [-0.25, -0.2) is 0 Å². The number of rotatable bonds is 5. The van der Waals surface area contributed by atoms with E-state index in [1.54, 1.807) is 32.9 Å². The number of nitrogens with zero attached hydrogens (tertiary/aromatic N) is 2. The first-order valence-electron chi connectivity index (χ1n) is 5.82. The first-order chi connectivity index (χ1) is 9.13. The predicted octanol–water partition coefficient (Wildman–Crippen LogP) is 3.25. The van der Waals surface area contributed by atoms with Crippen LogP contribution in [0.1, 0.15) is 24.0 Å². The molecule has 1 atom stereocenters. The van der Waals surface area contributed by atoms with Crippen molar-refractivity contribution in [3.8, 4) is 11.5 Å². The summed E-state index contributed by atoms with van der Waals surface area (Å²) in [6.07, 6.45) is 0. The van der Waals surface area contributed by atoms with Gasteiger partial charge in [0.25, 0.3) is 0 Å². The third-order valence-corrected chi connectivity index (χ3v) is 3.64. The Labute approximate surface area is 116 Å². The number of hydrogen-bond acceptors (Lipinski definition) is 6. The fraction of sp³-hybridized carbons (Fsp3) is 0.385. The summed E-state index contributed by atoms with van der Waals surface area (Å²) in [6, 6.07) is 5.79. The van der Waals surface area contributed by atoms with Gasteiger partial charge in [0.2, 0.25) is 11.8 Å². The molecule has 102 valence electrons. The Kier molecular flexibility index (Phi) is 4.31. The van der Waals surface area contributed by atoms with Gasteiger partial charge in [0.05, 0.1) is 19.5 Å². The number of methoxy groups -OCH3 is 2. The summed E-state index contributed by atoms with van der Waals surface area (Å²) in [4.78, 5) is 1.06. The lowest BCUT2D eigenvalue weighted by Gasteiger charge is -2.11. The van der Waals surface area contributed by atoms with Crippen LogP contribution in [0.4, 0.5) is 0 Å². The van der Waals surface area contributed by atoms with Crippen molar-refractivity contribution in [3.63, 3.8) is 0 Å². The lowest BCUT2D eigenvalue weighted by molar-refractivity contribution is 0.354. The average Bonchev–Trinajstić information content (AvgIpc) is 2.85. The van der Waals surface area contributed by atoms with Crippen molar-refractivity contribution in [2.24, 2.45) is 0 Å². The Morgan fingerprint density at radius 1 is 1.16 bits per heavy atom. The number of ether oxygens (including phenoxy) is 2. The number of hydrogen-bond donors (Lipinski definition) is 0. The van der Waals surface area contributed by atoms with Gasteiger partial charge in [-0.3, -0.25) is 0 Å². The molecule has 5 nitrogen and oxygen atoms in total. The van der Waals surface area contributed by atoms with E-state index in [1.807, 2.05) is 25.1 Å². The fourth-order valence-electron chi connectivity index (χ4n) is 1.62. The van der Waals surface area contributed by atoms with E-state index >= 15 is 0 Å². The number of aryl methyl sites for hydroxylation is 1. The zero-order chi connectivity index (χ0) is 13.8. The van der Waals surface area contributed by atoms with Crippen LogP contribution in [0.2, 0.25) is 0 Å². The lowest BCUT2D eigenvalue weighted by atomic mass is 10.3. The minimum Gasteiger partial charge on any atom is -0.493 e. The Morgan fingerprint density at radius 3 is 2.47 bits per heavy atom. The molecule has 0 aliphatic rings. The summed E-state index contributed by atoms with van der Waals surface area (Å²) in [7, 11) is 3.24. The minimum atomic E-state index is 0.0827. The van der Waals surface area contributed by atoms with Crippen LogP contribution in [0.3, 0.4) is 0 Å². The third-order valence-electron chi connectivity index (χ3n) is 2.56. The third kappa shape index (κ3) is 3.20. The van der Waals surface area contributed by atoms with Gasteiger partial charge in [0.15, 0.2) is 11.5 Å². The molecule has 0 fully saturated rings. The molecule has 19 heavy (non-hydrogen) atoms. The van der Waals surface area contributed by atoms with Crippen molar-refractivity contribution in [1.29, 1.82) is 0 Å². The smallest absolute Gasteiger partial charge is 0.229 e. The van der Waals surface area contributed by atoms with Crippen molar-refractivity contribution >= 4 is 11.8 Å². The summed E-state index contributed by atoms with van der Waals surface area (Å²) < 4.78 is 15.9. The molecule has 1 heterocycles. The van der Waals surface area contributed by atoms with Crippen molar-refractivity contribution in [2.75, 3.05) is 14.2 Å². The predicted molar refractivity (Wildman–Crippen MR) is 72.9 cm³/mol. The lowest BCUT2D eigenvalue weighted by Crippen LogP contribution is -1.92. The van der Waals surface area contributed by atoms with Crippen LogP contribution in [0.5, 0.6) is 11.5 Å². The Bertz CT molecular complexity index is 557. The van der Waals surface area contributed by atoms with Crippen LogP contribution in [-0.4, -0.2) is 24.4 Å². The van der Waals surface area contributed by atoms with Gasteiger partial charge in [-0.05, 0) is 25.1 Å². The van der Waals surface area contributed by atoms with Crippen molar-refractivity contribution in [1.82, 2.24) is 10.2 Å². The monoisotopic (exact) mass is 280 g/mol. The molecular weight excluding hydrogens is 264 g/mol. The molecular formula is C13H16N2O3S. The summed E-state index contributed by atoms with van der Waals surface area (Å²) in [5, 5.41) is 7.94. The molecule has 2 aromatic rings. The van der Waals surface area contributed by atoms with Gasteiger partial charge < -0.3 is 13.9 Å². The van der Waals surface area contributed by atoms with Crippen LogP contribution in [0, 0.1) is 6.92 Å². The largest absolute Gasteiger partial charge is 0.493 e. The van der Waals surface area contributed by atoms with Crippen molar-refractivity contribution in [2.45, 2.75) is 24.0 Å². The molecule has 0 saturated heterocycles. The summed E-state index contributed by atoms with van der Waals surface area (Å²) in [6.45, 7) is 3.80. The number of benzene rings is 1. The molecule has 0 aliphatic carbocycles. The van der Waals surface area contributed by atoms with Crippen LogP contribution in [0.25, 0.3) is 0 Å². The first kappa shape index (κ1) is 13.7. The molecule has 0 saturated carbocycles. The maximum Gasteiger partial charge on any atom is 0.229 e. The molecule has 1 aromatic carbocycles. The highest BCUT2D eigenvalue weighted by Gasteiger charge is 2.15. The van der Waals surface area contributed by atoms with Crippen LogP contribution >= 0.6 is 11.8 Å². The molecule has 0 aliphatic heterocycles. The molecule has 0 amide bonds. The second-order valence-corrected chi connectivity index (χ2v) is 5.35. The Balaban J connectivity index is 2.14. The highest BCUT2D eigenvalue weighted by atomic mass is 32.2. The van der Waals surface area contributed by atoms with E-state index in [0.29, 0.717) is 23.3 Å². The molecule has 0 bridgehead atoms. The van der Waals surface area contributed by atoms with Crippen molar-refractivity contribution < 1.29 is 13.9 Å². The second kappa shape index (κ2) is 5.97. The minimum absolute atomic E-state index is 0.0827. The van der Waals surface area contributed by atoms with Gasteiger partial charge in [0, 0.05) is 11.8 Å². The van der Waals surface area contributed by atoms with Gasteiger partial charge in [-0.1, -0.05) is 0 Å². The molecule has 1 aromatic heterocycles. The highest BCUT2D eigenvalue weighted by Crippen LogP contribution is 2.38. The Hall–Kier alpha value is -1.69. The van der Waals surface area contributed by atoms with E-state index in [-0.39, 0.29) is 5.25 Å². The molecule has 0 radical (unpaired) electrons. The first-order valence-corrected chi connectivity index (χ1v) is 6.70. The second-order valence-electron chi connectivity index (χ2n) is 3.94. The summed E-state index contributed by atoms with van der Waals surface area (Å²) in [5.41, 5.74) is 0. The van der Waals surface area contributed by atoms with Gasteiger partial charge >= 0.3 is 0 Å². The molecule has 1 unspecified atom stereocenters. The maximum atomic E-state index is 5.42. The van der Waals surface area contributed by atoms with E-state index in [4.69, 9.17) is 13.9 Å². The van der Waals surface area contributed by atoms with Gasteiger partial charge in [0.1, 0.15) is 0 Å². The molecule has 0 spiro atoms. The zero-order valence-corrected chi connectivity index (χ0v) is 12.2. The Morgan fingerprint density at radius 2 is 1.89 bits per heavy atom. The van der Waals surface area contributed by atoms with Gasteiger partial charge in [-0.15, -0.1) is 22.0 Å². The van der Waals surface area contributed by atoms with Crippen LogP contribution in [0.15, 0.2) is 27.5 Å².